The molecule has 0 aromatic rings. The summed E-state index contributed by atoms with van der Waals surface area (Å²) in [4.78, 5) is 16.8. The molecular formula is C11H21F2IN4O. The molecule has 5 nitrogen and oxygen atoms in total. The van der Waals surface area contributed by atoms with Crippen LogP contribution in [-0.4, -0.2) is 49.9 Å². The summed E-state index contributed by atoms with van der Waals surface area (Å²) in [7, 11) is 1.56. The van der Waals surface area contributed by atoms with E-state index in [4.69, 9.17) is 5.73 Å². The summed E-state index contributed by atoms with van der Waals surface area (Å²) < 4.78 is 24.3. The van der Waals surface area contributed by atoms with Crippen LogP contribution in [0.25, 0.3) is 0 Å². The largest absolute Gasteiger partial charge is 0.370 e. The number of alkyl halides is 2. The smallest absolute Gasteiger partial charge is 0.255 e. The highest BCUT2D eigenvalue weighted by molar-refractivity contribution is 14.0. The average Bonchev–Trinajstić information content (AvgIpc) is 2.29. The second kappa shape index (κ2) is 9.27. The predicted molar refractivity (Wildman–Crippen MR) is 80.9 cm³/mol. The topological polar surface area (TPSA) is 70.7 Å². The molecule has 0 bridgehead atoms. The molecule has 0 aliphatic carbocycles. The van der Waals surface area contributed by atoms with Gasteiger partial charge in [0.25, 0.3) is 6.43 Å². The van der Waals surface area contributed by atoms with Gasteiger partial charge in [-0.25, -0.2) is 8.78 Å². The van der Waals surface area contributed by atoms with E-state index in [1.807, 2.05) is 4.90 Å². The predicted octanol–water partition coefficient (Wildman–Crippen LogP) is 1.03. The van der Waals surface area contributed by atoms with E-state index >= 15 is 0 Å². The van der Waals surface area contributed by atoms with Gasteiger partial charge in [-0.3, -0.25) is 9.79 Å². The molecule has 1 fully saturated rings. The van der Waals surface area contributed by atoms with Crippen LogP contribution >= 0.6 is 24.0 Å². The first-order valence-corrected chi connectivity index (χ1v) is 6.05. The van der Waals surface area contributed by atoms with Gasteiger partial charge in [-0.15, -0.1) is 24.0 Å². The van der Waals surface area contributed by atoms with Crippen molar-refractivity contribution in [1.82, 2.24) is 10.2 Å². The van der Waals surface area contributed by atoms with Crippen molar-refractivity contribution < 1.29 is 13.6 Å². The van der Waals surface area contributed by atoms with Gasteiger partial charge in [-0.05, 0) is 18.8 Å². The Morgan fingerprint density at radius 3 is 2.79 bits per heavy atom. The molecule has 0 aromatic carbocycles. The minimum absolute atomic E-state index is 0. The Hall–Kier alpha value is -0.670. The molecule has 0 saturated carbocycles. The summed E-state index contributed by atoms with van der Waals surface area (Å²) >= 11 is 0. The van der Waals surface area contributed by atoms with E-state index in [0.717, 1.165) is 19.4 Å². The van der Waals surface area contributed by atoms with Gasteiger partial charge in [0.15, 0.2) is 5.96 Å². The molecular weight excluding hydrogens is 369 g/mol. The van der Waals surface area contributed by atoms with Gasteiger partial charge in [-0.2, -0.15) is 0 Å². The monoisotopic (exact) mass is 390 g/mol. The maximum atomic E-state index is 12.2. The fourth-order valence-electron chi connectivity index (χ4n) is 2.21. The van der Waals surface area contributed by atoms with Gasteiger partial charge in [-0.1, -0.05) is 0 Å². The SMILES string of the molecule is CN=C(NCC(F)F)N1CCCC(CC(N)=O)C1.I. The highest BCUT2D eigenvalue weighted by Gasteiger charge is 2.23. The molecule has 1 aliphatic rings. The number of guanidine groups is 1. The Labute approximate surface area is 129 Å². The Morgan fingerprint density at radius 1 is 1.58 bits per heavy atom. The molecule has 19 heavy (non-hydrogen) atoms. The number of nitrogens with zero attached hydrogens (tertiary/aromatic N) is 2. The van der Waals surface area contributed by atoms with E-state index in [1.165, 1.54) is 0 Å². The Bertz CT molecular complexity index is 315. The van der Waals surface area contributed by atoms with Gasteiger partial charge in [0, 0.05) is 26.6 Å². The van der Waals surface area contributed by atoms with E-state index in [0.29, 0.717) is 18.9 Å². The summed E-state index contributed by atoms with van der Waals surface area (Å²) in [5.74, 6) is 0.322. The number of carbonyl (C=O) groups is 1. The number of primary amides is 1. The second-order valence-electron chi connectivity index (χ2n) is 4.44. The van der Waals surface area contributed by atoms with Crippen molar-refractivity contribution in [1.29, 1.82) is 0 Å². The molecule has 1 heterocycles. The lowest BCUT2D eigenvalue weighted by molar-refractivity contribution is -0.119. The van der Waals surface area contributed by atoms with Crippen LogP contribution in [0.2, 0.25) is 0 Å². The second-order valence-corrected chi connectivity index (χ2v) is 4.44. The quantitative estimate of drug-likeness (QED) is 0.428. The maximum absolute atomic E-state index is 12.2. The highest BCUT2D eigenvalue weighted by atomic mass is 127. The minimum Gasteiger partial charge on any atom is -0.370 e. The van der Waals surface area contributed by atoms with E-state index in [1.54, 1.807) is 7.05 Å². The molecule has 0 spiro atoms. The number of likely N-dealkylation sites (tertiary alicyclic amines) is 1. The minimum atomic E-state index is -2.41. The van der Waals surface area contributed by atoms with Crippen LogP contribution in [0.1, 0.15) is 19.3 Å². The number of hydrogen-bond donors (Lipinski definition) is 2. The van der Waals surface area contributed by atoms with Crippen LogP contribution in [0, 0.1) is 5.92 Å². The number of amides is 1. The van der Waals surface area contributed by atoms with E-state index in [-0.39, 0.29) is 35.8 Å². The van der Waals surface area contributed by atoms with Crippen LogP contribution < -0.4 is 11.1 Å². The molecule has 1 unspecified atom stereocenters. The third-order valence-electron chi connectivity index (χ3n) is 2.93. The lowest BCUT2D eigenvalue weighted by Crippen LogP contribution is -2.48. The molecule has 1 atom stereocenters. The molecule has 1 aliphatic heterocycles. The van der Waals surface area contributed by atoms with Crippen LogP contribution in [0.15, 0.2) is 4.99 Å². The van der Waals surface area contributed by atoms with Crippen molar-refractivity contribution in [2.24, 2.45) is 16.6 Å². The third kappa shape index (κ3) is 6.88. The van der Waals surface area contributed by atoms with Crippen LogP contribution in [0.5, 0.6) is 0 Å². The number of rotatable bonds is 4. The number of hydrogen-bond acceptors (Lipinski definition) is 2. The summed E-state index contributed by atoms with van der Waals surface area (Å²) in [6.07, 6.45) is -0.228. The maximum Gasteiger partial charge on any atom is 0.255 e. The van der Waals surface area contributed by atoms with Gasteiger partial charge >= 0.3 is 0 Å². The molecule has 3 N–H and O–H groups in total. The summed E-state index contributed by atoms with van der Waals surface area (Å²) in [6, 6.07) is 0. The van der Waals surface area contributed by atoms with Crippen LogP contribution in [0.4, 0.5) is 8.78 Å². The van der Waals surface area contributed by atoms with Crippen LogP contribution in [0.3, 0.4) is 0 Å². The fourth-order valence-corrected chi connectivity index (χ4v) is 2.21. The zero-order valence-corrected chi connectivity index (χ0v) is 13.3. The zero-order chi connectivity index (χ0) is 13.5. The number of aliphatic imine (C=N–C) groups is 1. The number of piperidine rings is 1. The molecule has 0 aromatic heterocycles. The lowest BCUT2D eigenvalue weighted by atomic mass is 9.95. The van der Waals surface area contributed by atoms with Crippen molar-refractivity contribution >= 4 is 35.8 Å². The number of carbonyl (C=O) groups excluding carboxylic acids is 1. The van der Waals surface area contributed by atoms with Crippen molar-refractivity contribution in [2.45, 2.75) is 25.7 Å². The van der Waals surface area contributed by atoms with Crippen molar-refractivity contribution in [3.8, 4) is 0 Å². The summed E-state index contributed by atoms with van der Waals surface area (Å²) in [6.45, 7) is 0.980. The first-order valence-electron chi connectivity index (χ1n) is 6.05. The molecule has 1 amide bonds. The van der Waals surface area contributed by atoms with E-state index in [9.17, 15) is 13.6 Å². The first-order chi connectivity index (χ1) is 8.52. The third-order valence-corrected chi connectivity index (χ3v) is 2.93. The fraction of sp³-hybridized carbons (Fsp3) is 0.818. The molecule has 1 saturated heterocycles. The highest BCUT2D eigenvalue weighted by Crippen LogP contribution is 2.19. The van der Waals surface area contributed by atoms with Crippen LogP contribution in [-0.2, 0) is 4.79 Å². The lowest BCUT2D eigenvalue weighted by Gasteiger charge is -2.34. The Balaban J connectivity index is 0.00000324. The zero-order valence-electron chi connectivity index (χ0n) is 10.9. The molecule has 0 radical (unpaired) electrons. The first kappa shape index (κ1) is 18.3. The summed E-state index contributed by atoms with van der Waals surface area (Å²) in [5, 5.41) is 2.62. The van der Waals surface area contributed by atoms with Crippen molar-refractivity contribution in [3.05, 3.63) is 0 Å². The average molecular weight is 390 g/mol. The molecule has 1 rings (SSSR count). The van der Waals surface area contributed by atoms with E-state index in [2.05, 4.69) is 10.3 Å². The number of halogens is 3. The van der Waals surface area contributed by atoms with E-state index < -0.39 is 13.0 Å². The number of nitrogens with two attached hydrogens (primary N) is 1. The standard InChI is InChI=1S/C11H20F2N4O.HI/c1-15-11(16-6-9(12)13)17-4-2-3-8(7-17)5-10(14)18;/h8-9H,2-7H2,1H3,(H2,14,18)(H,15,16);1H. The van der Waals surface area contributed by atoms with Crippen molar-refractivity contribution in [2.75, 3.05) is 26.7 Å². The summed E-state index contributed by atoms with van der Waals surface area (Å²) in [5.41, 5.74) is 5.17. The Morgan fingerprint density at radius 2 is 2.26 bits per heavy atom. The van der Waals surface area contributed by atoms with Gasteiger partial charge in [0.2, 0.25) is 5.91 Å². The Kier molecular flexibility index (Phi) is 8.94. The molecule has 112 valence electrons. The van der Waals surface area contributed by atoms with Gasteiger partial charge < -0.3 is 16.0 Å². The van der Waals surface area contributed by atoms with Crippen molar-refractivity contribution in [3.63, 3.8) is 0 Å². The van der Waals surface area contributed by atoms with Gasteiger partial charge in [0.1, 0.15) is 0 Å². The number of nitrogens with one attached hydrogen (secondary N) is 1. The normalized spacial score (nSPS) is 20.1. The molecule has 8 heteroatoms. The van der Waals surface area contributed by atoms with Gasteiger partial charge in [0.05, 0.1) is 6.54 Å².